The summed E-state index contributed by atoms with van der Waals surface area (Å²) in [5, 5.41) is 9.45. The van der Waals surface area contributed by atoms with E-state index in [1.54, 1.807) is 7.11 Å². The van der Waals surface area contributed by atoms with Crippen molar-refractivity contribution in [2.24, 2.45) is 10.9 Å². The van der Waals surface area contributed by atoms with Crippen molar-refractivity contribution in [3.8, 4) is 5.75 Å². The van der Waals surface area contributed by atoms with E-state index in [1.165, 1.54) is 0 Å². The molecule has 0 bridgehead atoms. The number of aryl methyl sites for hydroxylation is 1. The van der Waals surface area contributed by atoms with Crippen LogP contribution in [0.5, 0.6) is 5.75 Å². The molecule has 0 atom stereocenters. The van der Waals surface area contributed by atoms with Gasteiger partial charge in [0, 0.05) is 51.3 Å². The van der Waals surface area contributed by atoms with Crippen molar-refractivity contribution in [1.82, 2.24) is 16.0 Å². The maximum Gasteiger partial charge on any atom is 0.223 e. The molecule has 7 nitrogen and oxygen atoms in total. The number of ether oxygens (including phenoxy) is 2. The molecule has 0 heterocycles. The second-order valence-corrected chi connectivity index (χ2v) is 6.99. The van der Waals surface area contributed by atoms with Crippen LogP contribution in [0.25, 0.3) is 0 Å². The maximum atomic E-state index is 11.7. The summed E-state index contributed by atoms with van der Waals surface area (Å²) in [6.45, 7) is 7.91. The maximum absolute atomic E-state index is 11.7. The number of carbonyl (C=O) groups is 1. The largest absolute Gasteiger partial charge is 0.493 e. The first kappa shape index (κ1) is 22.0. The van der Waals surface area contributed by atoms with Gasteiger partial charge < -0.3 is 25.4 Å². The van der Waals surface area contributed by atoms with Crippen LogP contribution in [0.4, 0.5) is 0 Å². The third kappa shape index (κ3) is 8.17. The van der Waals surface area contributed by atoms with Gasteiger partial charge >= 0.3 is 0 Å². The van der Waals surface area contributed by atoms with E-state index in [-0.39, 0.29) is 11.8 Å². The molecule has 0 radical (unpaired) electrons. The van der Waals surface area contributed by atoms with E-state index in [0.717, 1.165) is 48.6 Å². The highest BCUT2D eigenvalue weighted by atomic mass is 16.5. The Morgan fingerprint density at radius 3 is 2.68 bits per heavy atom. The Morgan fingerprint density at radius 1 is 1.18 bits per heavy atom. The highest BCUT2D eigenvalue weighted by molar-refractivity contribution is 5.81. The molecule has 1 aliphatic rings. The SMILES string of the molecule is CCNC(=NCc1ccc(C)cc1OCCCOC)NCCNC(=O)C1CC1. The number of hydrogen-bond donors (Lipinski definition) is 3. The molecule has 156 valence electrons. The van der Waals surface area contributed by atoms with Crippen LogP contribution in [-0.2, 0) is 16.1 Å². The average Bonchev–Trinajstić information content (AvgIpc) is 3.53. The van der Waals surface area contributed by atoms with Crippen molar-refractivity contribution in [2.45, 2.75) is 39.7 Å². The lowest BCUT2D eigenvalue weighted by Gasteiger charge is -2.14. The first-order chi connectivity index (χ1) is 13.6. The van der Waals surface area contributed by atoms with Gasteiger partial charge in [-0.05, 0) is 38.3 Å². The van der Waals surface area contributed by atoms with Crippen LogP contribution in [0.1, 0.15) is 37.3 Å². The number of guanidine groups is 1. The van der Waals surface area contributed by atoms with Crippen LogP contribution in [0, 0.1) is 12.8 Å². The van der Waals surface area contributed by atoms with Crippen molar-refractivity contribution < 1.29 is 14.3 Å². The fourth-order valence-electron chi connectivity index (χ4n) is 2.67. The van der Waals surface area contributed by atoms with Gasteiger partial charge in [-0.1, -0.05) is 12.1 Å². The van der Waals surface area contributed by atoms with Crippen molar-refractivity contribution in [2.75, 3.05) is 40.0 Å². The molecule has 1 aliphatic carbocycles. The molecule has 0 saturated heterocycles. The molecule has 0 unspecified atom stereocenters. The Bertz CT molecular complexity index is 645. The lowest BCUT2D eigenvalue weighted by Crippen LogP contribution is -2.41. The highest BCUT2D eigenvalue weighted by Crippen LogP contribution is 2.28. The zero-order valence-electron chi connectivity index (χ0n) is 17.3. The second-order valence-electron chi connectivity index (χ2n) is 6.99. The van der Waals surface area contributed by atoms with Gasteiger partial charge in [0.1, 0.15) is 5.75 Å². The molecule has 1 aromatic carbocycles. The monoisotopic (exact) mass is 390 g/mol. The summed E-state index contributed by atoms with van der Waals surface area (Å²) >= 11 is 0. The number of rotatable bonds is 12. The Kier molecular flexibility index (Phi) is 9.62. The smallest absolute Gasteiger partial charge is 0.223 e. The standard InChI is InChI=1S/C21H34N4O3/c1-4-22-21(24-11-10-23-20(26)17-8-9-17)25-15-18-7-6-16(2)14-19(18)28-13-5-12-27-3/h6-7,14,17H,4-5,8-13,15H2,1-3H3,(H,23,26)(H2,22,24,25). The molecule has 1 saturated carbocycles. The highest BCUT2D eigenvalue weighted by Gasteiger charge is 2.28. The number of methoxy groups -OCH3 is 1. The van der Waals surface area contributed by atoms with Crippen LogP contribution in [0.15, 0.2) is 23.2 Å². The zero-order valence-corrected chi connectivity index (χ0v) is 17.3. The first-order valence-corrected chi connectivity index (χ1v) is 10.1. The second kappa shape index (κ2) is 12.2. The van der Waals surface area contributed by atoms with E-state index in [4.69, 9.17) is 9.47 Å². The number of nitrogens with zero attached hydrogens (tertiary/aromatic N) is 1. The molecule has 0 aliphatic heterocycles. The average molecular weight is 391 g/mol. The summed E-state index contributed by atoms with van der Waals surface area (Å²) in [5.74, 6) is 2.01. The fraction of sp³-hybridized carbons (Fsp3) is 0.619. The first-order valence-electron chi connectivity index (χ1n) is 10.1. The Hall–Kier alpha value is -2.28. The predicted octanol–water partition coefficient (Wildman–Crippen LogP) is 1.99. The molecular weight excluding hydrogens is 356 g/mol. The van der Waals surface area contributed by atoms with Gasteiger partial charge in [-0.3, -0.25) is 4.79 Å². The molecule has 2 rings (SSSR count). The predicted molar refractivity (Wildman–Crippen MR) is 112 cm³/mol. The molecule has 0 aromatic heterocycles. The quantitative estimate of drug-likeness (QED) is 0.289. The van der Waals surface area contributed by atoms with Crippen LogP contribution in [-0.4, -0.2) is 51.8 Å². The molecule has 3 N–H and O–H groups in total. The minimum absolute atomic E-state index is 0.165. The van der Waals surface area contributed by atoms with E-state index in [0.29, 0.717) is 32.8 Å². The van der Waals surface area contributed by atoms with Gasteiger partial charge in [-0.2, -0.15) is 0 Å². The van der Waals surface area contributed by atoms with Crippen molar-refractivity contribution >= 4 is 11.9 Å². The van der Waals surface area contributed by atoms with E-state index >= 15 is 0 Å². The van der Waals surface area contributed by atoms with Crippen LogP contribution in [0.3, 0.4) is 0 Å². The van der Waals surface area contributed by atoms with Gasteiger partial charge in [0.2, 0.25) is 5.91 Å². The minimum atomic E-state index is 0.165. The van der Waals surface area contributed by atoms with Crippen LogP contribution < -0.4 is 20.7 Å². The lowest BCUT2D eigenvalue weighted by molar-refractivity contribution is -0.122. The number of hydrogen-bond acceptors (Lipinski definition) is 4. The third-order valence-electron chi connectivity index (χ3n) is 4.39. The number of carbonyl (C=O) groups excluding carboxylic acids is 1. The topological polar surface area (TPSA) is 84.0 Å². The summed E-state index contributed by atoms with van der Waals surface area (Å²) in [7, 11) is 1.69. The summed E-state index contributed by atoms with van der Waals surface area (Å²) in [4.78, 5) is 16.3. The molecule has 0 spiro atoms. The van der Waals surface area contributed by atoms with Crippen molar-refractivity contribution in [3.63, 3.8) is 0 Å². The van der Waals surface area contributed by atoms with Gasteiger partial charge in [-0.15, -0.1) is 0 Å². The van der Waals surface area contributed by atoms with Gasteiger partial charge in [0.05, 0.1) is 13.2 Å². The summed E-state index contributed by atoms with van der Waals surface area (Å²) < 4.78 is 11.0. The van der Waals surface area contributed by atoms with Gasteiger partial charge in [0.25, 0.3) is 0 Å². The van der Waals surface area contributed by atoms with Crippen molar-refractivity contribution in [3.05, 3.63) is 29.3 Å². The number of nitrogens with one attached hydrogen (secondary N) is 3. The summed E-state index contributed by atoms with van der Waals surface area (Å²) in [5.41, 5.74) is 2.20. The number of amides is 1. The summed E-state index contributed by atoms with van der Waals surface area (Å²) in [6.07, 6.45) is 2.90. The van der Waals surface area contributed by atoms with E-state index in [2.05, 4.69) is 40.0 Å². The molecule has 7 heteroatoms. The van der Waals surface area contributed by atoms with E-state index in [9.17, 15) is 4.79 Å². The number of benzene rings is 1. The Morgan fingerprint density at radius 2 is 1.96 bits per heavy atom. The van der Waals surface area contributed by atoms with Gasteiger partial charge in [-0.25, -0.2) is 4.99 Å². The van der Waals surface area contributed by atoms with Crippen LogP contribution >= 0.6 is 0 Å². The Balaban J connectivity index is 1.86. The molecular formula is C21H34N4O3. The summed E-state index contributed by atoms with van der Waals surface area (Å²) in [6, 6.07) is 6.18. The Labute approximate surface area is 168 Å². The fourth-order valence-corrected chi connectivity index (χ4v) is 2.67. The lowest BCUT2D eigenvalue weighted by atomic mass is 10.1. The molecule has 1 amide bonds. The molecule has 1 aromatic rings. The molecule has 1 fully saturated rings. The van der Waals surface area contributed by atoms with E-state index < -0.39 is 0 Å². The van der Waals surface area contributed by atoms with E-state index in [1.807, 2.05) is 13.0 Å². The van der Waals surface area contributed by atoms with Gasteiger partial charge in [0.15, 0.2) is 5.96 Å². The molecule has 28 heavy (non-hydrogen) atoms. The van der Waals surface area contributed by atoms with Crippen LogP contribution in [0.2, 0.25) is 0 Å². The third-order valence-corrected chi connectivity index (χ3v) is 4.39. The van der Waals surface area contributed by atoms with Crippen molar-refractivity contribution in [1.29, 1.82) is 0 Å². The zero-order chi connectivity index (χ0) is 20.2. The number of aliphatic imine (C=N–C) groups is 1. The minimum Gasteiger partial charge on any atom is -0.493 e. The normalized spacial score (nSPS) is 13.9.